The second-order valence-corrected chi connectivity index (χ2v) is 9.85. The average molecular weight is 456 g/mol. The third kappa shape index (κ3) is 5.83. The van der Waals surface area contributed by atoms with E-state index in [9.17, 15) is 18.0 Å². The van der Waals surface area contributed by atoms with Gasteiger partial charge >= 0.3 is 0 Å². The third-order valence-electron chi connectivity index (χ3n) is 5.57. The van der Waals surface area contributed by atoms with Gasteiger partial charge in [-0.15, -0.1) is 0 Å². The number of nitrogens with one attached hydrogen (secondary N) is 1. The quantitative estimate of drug-likeness (QED) is 0.651. The molecule has 1 unspecified atom stereocenters. The molecule has 2 aromatic carbocycles. The molecule has 1 N–H and O–H groups in total. The van der Waals surface area contributed by atoms with Crippen LogP contribution < -0.4 is 5.32 Å². The fraction of sp³-hybridized carbons (Fsp3) is 0.333. The molecule has 0 aliphatic carbocycles. The van der Waals surface area contributed by atoms with Gasteiger partial charge in [-0.25, -0.2) is 8.42 Å². The van der Waals surface area contributed by atoms with E-state index in [2.05, 4.69) is 11.9 Å². The third-order valence-corrected chi connectivity index (χ3v) is 7.48. The smallest absolute Gasteiger partial charge is 0.253 e. The zero-order valence-corrected chi connectivity index (χ0v) is 19.1. The molecule has 7 nitrogen and oxygen atoms in total. The molecule has 0 bridgehead atoms. The molecule has 32 heavy (non-hydrogen) atoms. The lowest BCUT2D eigenvalue weighted by Crippen LogP contribution is -2.36. The maximum Gasteiger partial charge on any atom is 0.253 e. The van der Waals surface area contributed by atoms with Crippen LogP contribution in [0, 0.1) is 0 Å². The molecule has 1 atom stereocenters. The summed E-state index contributed by atoms with van der Waals surface area (Å²) >= 11 is 0. The summed E-state index contributed by atoms with van der Waals surface area (Å²) in [6, 6.07) is 15.7. The maximum absolute atomic E-state index is 13.1. The van der Waals surface area contributed by atoms with Gasteiger partial charge in [0.25, 0.3) is 5.91 Å². The number of hydrogen-bond donors (Lipinski definition) is 1. The normalized spacial score (nSPS) is 17.2. The number of carbonyl (C=O) groups is 2. The molecule has 0 saturated carbocycles. The first-order valence-electron chi connectivity index (χ1n) is 10.6. The average Bonchev–Trinajstić information content (AvgIpc) is 3.05. The summed E-state index contributed by atoms with van der Waals surface area (Å²) in [7, 11) is -1.96. The Hall–Kier alpha value is -2.97. The SMILES string of the molecule is C=CC(=O)NC1CCCN(S(=O)(=O)c2ccc(C(=O)N(C)Cc3ccccc3)cc2)CC1. The van der Waals surface area contributed by atoms with Crippen LogP contribution in [-0.2, 0) is 21.4 Å². The Balaban J connectivity index is 1.65. The van der Waals surface area contributed by atoms with Crippen LogP contribution in [0.2, 0.25) is 0 Å². The molecule has 8 heteroatoms. The summed E-state index contributed by atoms with van der Waals surface area (Å²) in [6.07, 6.45) is 3.13. The van der Waals surface area contributed by atoms with Crippen molar-refractivity contribution in [3.8, 4) is 0 Å². The molecule has 2 amide bonds. The molecule has 0 spiro atoms. The number of rotatable bonds is 7. The van der Waals surface area contributed by atoms with Gasteiger partial charge in [-0.2, -0.15) is 4.31 Å². The van der Waals surface area contributed by atoms with Gasteiger partial charge in [0.2, 0.25) is 15.9 Å². The van der Waals surface area contributed by atoms with Crippen LogP contribution in [0.4, 0.5) is 0 Å². The minimum Gasteiger partial charge on any atom is -0.350 e. The summed E-state index contributed by atoms with van der Waals surface area (Å²) in [5.74, 6) is -0.419. The second-order valence-electron chi connectivity index (χ2n) is 7.92. The molecule has 170 valence electrons. The maximum atomic E-state index is 13.1. The van der Waals surface area contributed by atoms with Gasteiger partial charge in [0.15, 0.2) is 0 Å². The van der Waals surface area contributed by atoms with Gasteiger partial charge in [0.05, 0.1) is 4.90 Å². The molecular formula is C24H29N3O4S. The first-order valence-corrected chi connectivity index (χ1v) is 12.1. The highest BCUT2D eigenvalue weighted by atomic mass is 32.2. The lowest BCUT2D eigenvalue weighted by Gasteiger charge is -2.21. The van der Waals surface area contributed by atoms with E-state index >= 15 is 0 Å². The molecule has 1 saturated heterocycles. The summed E-state index contributed by atoms with van der Waals surface area (Å²) in [6.45, 7) is 4.63. The minimum absolute atomic E-state index is 0.0687. The molecule has 0 radical (unpaired) electrons. The van der Waals surface area contributed by atoms with Crippen molar-refractivity contribution in [2.24, 2.45) is 0 Å². The first kappa shape index (κ1) is 23.7. The zero-order chi connectivity index (χ0) is 23.1. The highest BCUT2D eigenvalue weighted by Gasteiger charge is 2.28. The number of sulfonamides is 1. The lowest BCUT2D eigenvalue weighted by atomic mass is 10.1. The van der Waals surface area contributed by atoms with E-state index in [1.165, 1.54) is 22.5 Å². The Morgan fingerprint density at radius 1 is 1.09 bits per heavy atom. The highest BCUT2D eigenvalue weighted by Crippen LogP contribution is 2.21. The Bertz CT molecular complexity index is 1050. The Labute approximate surface area is 189 Å². The van der Waals surface area contributed by atoms with Crippen LogP contribution in [0.15, 0.2) is 72.1 Å². The van der Waals surface area contributed by atoms with Crippen molar-refractivity contribution < 1.29 is 18.0 Å². The zero-order valence-electron chi connectivity index (χ0n) is 18.2. The molecule has 0 aromatic heterocycles. The van der Waals surface area contributed by atoms with Gasteiger partial charge in [-0.3, -0.25) is 9.59 Å². The van der Waals surface area contributed by atoms with E-state index in [1.807, 2.05) is 30.3 Å². The topological polar surface area (TPSA) is 86.8 Å². The number of amides is 2. The Morgan fingerprint density at radius 2 is 1.78 bits per heavy atom. The molecule has 1 aliphatic rings. The predicted octanol–water partition coefficient (Wildman–Crippen LogP) is 2.80. The van der Waals surface area contributed by atoms with Crippen LogP contribution in [0.1, 0.15) is 35.2 Å². The minimum atomic E-state index is -3.68. The van der Waals surface area contributed by atoms with Gasteiger partial charge in [0.1, 0.15) is 0 Å². The molecule has 3 rings (SSSR count). The molecule has 1 heterocycles. The fourth-order valence-electron chi connectivity index (χ4n) is 3.78. The first-order chi connectivity index (χ1) is 15.3. The van der Waals surface area contributed by atoms with Crippen LogP contribution >= 0.6 is 0 Å². The van der Waals surface area contributed by atoms with Crippen molar-refractivity contribution in [3.05, 3.63) is 78.4 Å². The van der Waals surface area contributed by atoms with Crippen LogP contribution in [-0.4, -0.2) is 55.6 Å². The standard InChI is InChI=1S/C24H29N3O4S/c1-3-23(28)25-21-10-7-16-27(17-15-21)32(30,31)22-13-11-20(12-14-22)24(29)26(2)18-19-8-5-4-6-9-19/h3-6,8-9,11-14,21H,1,7,10,15-18H2,2H3,(H,25,28). The van der Waals surface area contributed by atoms with Crippen LogP contribution in [0.5, 0.6) is 0 Å². The Morgan fingerprint density at radius 3 is 2.44 bits per heavy atom. The lowest BCUT2D eigenvalue weighted by molar-refractivity contribution is -0.117. The van der Waals surface area contributed by atoms with E-state index in [1.54, 1.807) is 24.1 Å². The number of nitrogens with zero attached hydrogens (tertiary/aromatic N) is 2. The number of carbonyl (C=O) groups excluding carboxylic acids is 2. The number of hydrogen-bond acceptors (Lipinski definition) is 4. The van der Waals surface area contributed by atoms with Gasteiger partial charge in [0, 0.05) is 38.3 Å². The summed E-state index contributed by atoms with van der Waals surface area (Å²) in [5.41, 5.74) is 1.46. The highest BCUT2D eigenvalue weighted by molar-refractivity contribution is 7.89. The van der Waals surface area contributed by atoms with E-state index in [0.29, 0.717) is 44.5 Å². The van der Waals surface area contributed by atoms with Crippen molar-refractivity contribution in [2.75, 3.05) is 20.1 Å². The second kappa shape index (κ2) is 10.6. The summed E-state index contributed by atoms with van der Waals surface area (Å²) in [4.78, 5) is 26.0. The van der Waals surface area contributed by atoms with E-state index in [0.717, 1.165) is 5.56 Å². The monoisotopic (exact) mass is 455 g/mol. The van der Waals surface area contributed by atoms with E-state index < -0.39 is 10.0 Å². The molecule has 1 fully saturated rings. The van der Waals surface area contributed by atoms with Crippen molar-refractivity contribution >= 4 is 21.8 Å². The van der Waals surface area contributed by atoms with Crippen LogP contribution in [0.3, 0.4) is 0 Å². The van der Waals surface area contributed by atoms with Crippen molar-refractivity contribution in [3.63, 3.8) is 0 Å². The summed E-state index contributed by atoms with van der Waals surface area (Å²) < 4.78 is 27.7. The largest absolute Gasteiger partial charge is 0.350 e. The van der Waals surface area contributed by atoms with Crippen molar-refractivity contribution in [1.82, 2.24) is 14.5 Å². The predicted molar refractivity (Wildman–Crippen MR) is 123 cm³/mol. The van der Waals surface area contributed by atoms with E-state index in [4.69, 9.17) is 0 Å². The van der Waals surface area contributed by atoms with Gasteiger partial charge < -0.3 is 10.2 Å². The molecule has 2 aromatic rings. The Kier molecular flexibility index (Phi) is 7.82. The summed E-state index contributed by atoms with van der Waals surface area (Å²) in [5, 5.41) is 2.85. The number of benzene rings is 2. The van der Waals surface area contributed by atoms with Crippen molar-refractivity contribution in [2.45, 2.75) is 36.7 Å². The molecular weight excluding hydrogens is 426 g/mol. The van der Waals surface area contributed by atoms with Crippen molar-refractivity contribution in [1.29, 1.82) is 0 Å². The van der Waals surface area contributed by atoms with E-state index in [-0.39, 0.29) is 22.8 Å². The fourth-order valence-corrected chi connectivity index (χ4v) is 5.28. The van der Waals surface area contributed by atoms with Crippen LogP contribution in [0.25, 0.3) is 0 Å². The van der Waals surface area contributed by atoms with Gasteiger partial charge in [-0.1, -0.05) is 36.9 Å². The van der Waals surface area contributed by atoms with Gasteiger partial charge in [-0.05, 0) is 55.2 Å². The molecule has 1 aliphatic heterocycles.